The molecule has 4 heterocycles. The number of nitrogens with zero attached hydrogens (tertiary/aromatic N) is 4. The normalized spacial score (nSPS) is 16.3. The second kappa shape index (κ2) is 9.97. The zero-order valence-electron chi connectivity index (χ0n) is 19.1. The average Bonchev–Trinajstić information content (AvgIpc) is 3.11. The Labute approximate surface area is 198 Å². The van der Waals surface area contributed by atoms with Gasteiger partial charge in [0.05, 0.1) is 19.4 Å². The molecule has 1 saturated heterocycles. The lowest BCUT2D eigenvalue weighted by atomic mass is 9.97. The third-order valence-corrected chi connectivity index (χ3v) is 5.95. The Balaban J connectivity index is 1.33. The quantitative estimate of drug-likeness (QED) is 0.443. The number of aryl methyl sites for hydroxylation is 1. The van der Waals surface area contributed by atoms with Crippen molar-refractivity contribution in [1.29, 1.82) is 0 Å². The number of amides is 1. The first-order chi connectivity index (χ1) is 16.7. The predicted octanol–water partition coefficient (Wildman–Crippen LogP) is 4.46. The summed E-state index contributed by atoms with van der Waals surface area (Å²) in [4.78, 5) is 28.2. The molecule has 1 aliphatic heterocycles. The van der Waals surface area contributed by atoms with Crippen molar-refractivity contribution >= 4 is 16.7 Å². The number of rotatable bonds is 5. The van der Waals surface area contributed by atoms with E-state index in [1.807, 2.05) is 36.2 Å². The van der Waals surface area contributed by atoms with E-state index in [9.17, 15) is 4.79 Å². The van der Waals surface area contributed by atoms with Crippen LogP contribution in [0, 0.1) is 12.8 Å². The van der Waals surface area contributed by atoms with Crippen molar-refractivity contribution < 1.29 is 14.3 Å². The lowest BCUT2D eigenvalue weighted by molar-refractivity contribution is 0.0734. The van der Waals surface area contributed by atoms with Crippen LogP contribution in [0.2, 0.25) is 0 Å². The highest BCUT2D eigenvalue weighted by molar-refractivity contribution is 5.96. The van der Waals surface area contributed by atoms with E-state index >= 15 is 0 Å². The van der Waals surface area contributed by atoms with Gasteiger partial charge in [0.1, 0.15) is 11.3 Å². The summed E-state index contributed by atoms with van der Waals surface area (Å²) in [6.45, 7) is 4.15. The van der Waals surface area contributed by atoms with Crippen LogP contribution in [-0.2, 0) is 11.2 Å². The van der Waals surface area contributed by atoms with E-state index in [0.29, 0.717) is 37.6 Å². The van der Waals surface area contributed by atoms with E-state index in [1.165, 1.54) is 10.9 Å². The second-order valence-electron chi connectivity index (χ2n) is 8.55. The van der Waals surface area contributed by atoms with Crippen LogP contribution in [0.25, 0.3) is 10.8 Å². The summed E-state index contributed by atoms with van der Waals surface area (Å²) in [5, 5.41) is 2.28. The number of fused-ring (bicyclic) bond motifs is 1. The van der Waals surface area contributed by atoms with Crippen molar-refractivity contribution in [3.63, 3.8) is 0 Å². The molecule has 7 nitrogen and oxygen atoms in total. The Morgan fingerprint density at radius 3 is 2.91 bits per heavy atom. The fourth-order valence-corrected chi connectivity index (χ4v) is 4.21. The van der Waals surface area contributed by atoms with Crippen molar-refractivity contribution in [2.75, 3.05) is 26.3 Å². The highest BCUT2D eigenvalue weighted by atomic mass is 16.5. The van der Waals surface area contributed by atoms with Gasteiger partial charge in [-0.3, -0.25) is 14.8 Å². The fourth-order valence-electron chi connectivity index (χ4n) is 4.21. The molecule has 1 aliphatic rings. The summed E-state index contributed by atoms with van der Waals surface area (Å²) in [5.74, 6) is 0.896. The summed E-state index contributed by atoms with van der Waals surface area (Å²) in [6, 6.07) is 15.6. The Bertz CT molecular complexity index is 1290. The number of carbonyl (C=O) groups excluding carboxylic acids is 1. The summed E-state index contributed by atoms with van der Waals surface area (Å²) < 4.78 is 11.8. The highest BCUT2D eigenvalue weighted by Crippen LogP contribution is 2.25. The highest BCUT2D eigenvalue weighted by Gasteiger charge is 2.26. The standard InChI is InChI=1S/C27H26N4O3/c1-19-4-7-24(16-30-19)34-26-25(3-2-9-29-26)27(32)31-11-12-33-18-21(17-31)13-20-5-6-22-8-10-28-15-23(22)14-20/h2-10,14-16,21H,11-13,17-18H2,1H3/t21-/m0/s1. The Kier molecular flexibility index (Phi) is 6.44. The smallest absolute Gasteiger partial charge is 0.259 e. The molecule has 1 fully saturated rings. The maximum Gasteiger partial charge on any atom is 0.259 e. The van der Waals surface area contributed by atoms with Gasteiger partial charge in [-0.2, -0.15) is 0 Å². The maximum absolute atomic E-state index is 13.5. The minimum atomic E-state index is -0.110. The van der Waals surface area contributed by atoms with Crippen LogP contribution >= 0.6 is 0 Å². The molecule has 3 aromatic heterocycles. The molecule has 5 rings (SSSR count). The Hall–Kier alpha value is -3.84. The van der Waals surface area contributed by atoms with Crippen molar-refractivity contribution in [2.24, 2.45) is 5.92 Å². The fraction of sp³-hybridized carbons (Fsp3) is 0.259. The number of aromatic nitrogens is 3. The number of ether oxygens (including phenoxy) is 2. The topological polar surface area (TPSA) is 77.4 Å². The lowest BCUT2D eigenvalue weighted by Gasteiger charge is -2.24. The molecule has 1 atom stereocenters. The van der Waals surface area contributed by atoms with Crippen molar-refractivity contribution in [3.8, 4) is 11.6 Å². The van der Waals surface area contributed by atoms with Crippen molar-refractivity contribution in [2.45, 2.75) is 13.3 Å². The van der Waals surface area contributed by atoms with Gasteiger partial charge in [0, 0.05) is 48.7 Å². The van der Waals surface area contributed by atoms with Gasteiger partial charge in [0.15, 0.2) is 0 Å². The zero-order valence-corrected chi connectivity index (χ0v) is 19.1. The van der Waals surface area contributed by atoms with E-state index in [4.69, 9.17) is 9.47 Å². The lowest BCUT2D eigenvalue weighted by Crippen LogP contribution is -2.36. The third-order valence-electron chi connectivity index (χ3n) is 5.95. The molecule has 1 amide bonds. The van der Waals surface area contributed by atoms with Gasteiger partial charge in [-0.25, -0.2) is 4.98 Å². The molecule has 0 saturated carbocycles. The summed E-state index contributed by atoms with van der Waals surface area (Å²) >= 11 is 0. The Morgan fingerprint density at radius 2 is 2.03 bits per heavy atom. The molecule has 7 heteroatoms. The molecule has 172 valence electrons. The van der Waals surface area contributed by atoms with E-state index in [2.05, 4.69) is 33.2 Å². The van der Waals surface area contributed by atoms with Gasteiger partial charge in [-0.1, -0.05) is 12.1 Å². The summed E-state index contributed by atoms with van der Waals surface area (Å²) in [7, 11) is 0. The third kappa shape index (κ3) is 5.05. The average molecular weight is 455 g/mol. The minimum absolute atomic E-state index is 0.110. The van der Waals surface area contributed by atoms with E-state index in [1.54, 1.807) is 30.7 Å². The maximum atomic E-state index is 13.5. The van der Waals surface area contributed by atoms with Crippen LogP contribution in [-0.4, -0.2) is 52.1 Å². The van der Waals surface area contributed by atoms with Crippen LogP contribution in [0.1, 0.15) is 21.6 Å². The first-order valence-corrected chi connectivity index (χ1v) is 11.4. The number of hydrogen-bond acceptors (Lipinski definition) is 6. The molecule has 0 aliphatic carbocycles. The number of carbonyl (C=O) groups is 1. The first-order valence-electron chi connectivity index (χ1n) is 11.4. The van der Waals surface area contributed by atoms with E-state index < -0.39 is 0 Å². The van der Waals surface area contributed by atoms with E-state index in [0.717, 1.165) is 17.5 Å². The SMILES string of the molecule is Cc1ccc(Oc2ncccc2C(=O)N2CCOC[C@@H](Cc3ccc4ccncc4c3)C2)cn1. The van der Waals surface area contributed by atoms with Crippen LogP contribution in [0.5, 0.6) is 11.6 Å². The van der Waals surface area contributed by atoms with Gasteiger partial charge in [-0.15, -0.1) is 0 Å². The van der Waals surface area contributed by atoms with Crippen molar-refractivity contribution in [3.05, 3.63) is 90.1 Å². The summed E-state index contributed by atoms with van der Waals surface area (Å²) in [6.07, 6.45) is 7.76. The van der Waals surface area contributed by atoms with Gasteiger partial charge in [0.2, 0.25) is 5.88 Å². The van der Waals surface area contributed by atoms with Crippen LogP contribution < -0.4 is 4.74 Å². The second-order valence-corrected chi connectivity index (χ2v) is 8.55. The molecule has 0 spiro atoms. The molecular weight excluding hydrogens is 428 g/mol. The van der Waals surface area contributed by atoms with Gasteiger partial charge < -0.3 is 14.4 Å². The van der Waals surface area contributed by atoms with Crippen LogP contribution in [0.3, 0.4) is 0 Å². The molecule has 0 radical (unpaired) electrons. The zero-order chi connectivity index (χ0) is 23.3. The van der Waals surface area contributed by atoms with Gasteiger partial charge >= 0.3 is 0 Å². The van der Waals surface area contributed by atoms with Crippen LogP contribution in [0.4, 0.5) is 0 Å². The summed E-state index contributed by atoms with van der Waals surface area (Å²) in [5.41, 5.74) is 2.53. The number of benzene rings is 1. The van der Waals surface area contributed by atoms with Gasteiger partial charge in [0.25, 0.3) is 5.91 Å². The van der Waals surface area contributed by atoms with E-state index in [-0.39, 0.29) is 17.7 Å². The number of hydrogen-bond donors (Lipinski definition) is 0. The number of pyridine rings is 3. The van der Waals surface area contributed by atoms with Gasteiger partial charge in [-0.05, 0) is 60.7 Å². The van der Waals surface area contributed by atoms with Crippen LogP contribution in [0.15, 0.2) is 73.3 Å². The molecule has 0 bridgehead atoms. The molecule has 0 N–H and O–H groups in total. The van der Waals surface area contributed by atoms with Crippen molar-refractivity contribution in [1.82, 2.24) is 19.9 Å². The molecular formula is C27H26N4O3. The Morgan fingerprint density at radius 1 is 1.09 bits per heavy atom. The monoisotopic (exact) mass is 454 g/mol. The largest absolute Gasteiger partial charge is 0.437 e. The molecule has 4 aromatic rings. The molecule has 34 heavy (non-hydrogen) atoms. The minimum Gasteiger partial charge on any atom is -0.437 e. The molecule has 1 aromatic carbocycles. The predicted molar refractivity (Wildman–Crippen MR) is 129 cm³/mol. The first kappa shape index (κ1) is 22.0. The molecule has 0 unspecified atom stereocenters.